The number of hydrogen-bond acceptors (Lipinski definition) is 7. The van der Waals surface area contributed by atoms with Gasteiger partial charge in [-0.2, -0.15) is 5.26 Å². The molecule has 0 saturated heterocycles. The van der Waals surface area contributed by atoms with Crippen molar-refractivity contribution in [2.45, 2.75) is 12.3 Å². The molecule has 1 aliphatic rings. The van der Waals surface area contributed by atoms with E-state index in [2.05, 4.69) is 4.74 Å². The smallest absolute Gasteiger partial charge is 0.338 e. The van der Waals surface area contributed by atoms with Crippen molar-refractivity contribution in [3.63, 3.8) is 0 Å². The zero-order chi connectivity index (χ0) is 18.6. The van der Waals surface area contributed by atoms with Gasteiger partial charge in [0.2, 0.25) is 5.88 Å². The van der Waals surface area contributed by atoms with Crippen molar-refractivity contribution in [3.8, 4) is 6.07 Å². The summed E-state index contributed by atoms with van der Waals surface area (Å²) in [6.07, 6.45) is -0.377. The maximum atomic E-state index is 13.2. The fraction of sp³-hybridized carbons (Fsp3) is 0.235. The van der Waals surface area contributed by atoms with Crippen molar-refractivity contribution in [1.29, 1.82) is 5.26 Å². The minimum atomic E-state index is -0.952. The van der Waals surface area contributed by atoms with Crippen LogP contribution in [0.4, 0.5) is 4.39 Å². The highest BCUT2D eigenvalue weighted by molar-refractivity contribution is 5.93. The van der Waals surface area contributed by atoms with Gasteiger partial charge in [0.1, 0.15) is 29.6 Å². The lowest BCUT2D eigenvalue weighted by molar-refractivity contribution is -0.140. The largest absolute Gasteiger partial charge is 0.469 e. The normalized spacial score (nSPS) is 16.8. The van der Waals surface area contributed by atoms with Crippen LogP contribution in [-0.2, 0) is 23.8 Å². The van der Waals surface area contributed by atoms with Crippen molar-refractivity contribution < 1.29 is 28.2 Å². The maximum Gasteiger partial charge on any atom is 0.338 e. The second-order valence-corrected chi connectivity index (χ2v) is 5.06. The van der Waals surface area contributed by atoms with Crippen LogP contribution in [-0.4, -0.2) is 26.2 Å². The lowest BCUT2D eigenvalue weighted by Gasteiger charge is -2.27. The summed E-state index contributed by atoms with van der Waals surface area (Å²) in [6, 6.07) is 7.08. The SMILES string of the molecule is COC(=O)CC1=C(C(=O)OC)[C@@H](c2ccc(F)cc2)C(C#N)=C(N)O1. The molecule has 0 saturated carbocycles. The van der Waals surface area contributed by atoms with Gasteiger partial charge in [-0.05, 0) is 17.7 Å². The number of methoxy groups -OCH3 is 2. The fourth-order valence-electron chi connectivity index (χ4n) is 2.47. The molecule has 2 N–H and O–H groups in total. The van der Waals surface area contributed by atoms with Gasteiger partial charge in [0.25, 0.3) is 0 Å². The monoisotopic (exact) mass is 346 g/mol. The molecule has 0 radical (unpaired) electrons. The Morgan fingerprint density at radius 1 is 1.28 bits per heavy atom. The highest BCUT2D eigenvalue weighted by Crippen LogP contribution is 2.40. The third kappa shape index (κ3) is 3.61. The van der Waals surface area contributed by atoms with Crippen molar-refractivity contribution in [2.24, 2.45) is 5.73 Å². The molecule has 0 amide bonds. The van der Waals surface area contributed by atoms with Crippen LogP contribution in [0.1, 0.15) is 17.9 Å². The number of allylic oxidation sites excluding steroid dienone is 1. The van der Waals surface area contributed by atoms with Crippen LogP contribution >= 0.6 is 0 Å². The van der Waals surface area contributed by atoms with Crippen molar-refractivity contribution >= 4 is 11.9 Å². The molecule has 1 aliphatic heterocycles. The predicted octanol–water partition coefficient (Wildman–Crippen LogP) is 1.62. The Labute approximate surface area is 143 Å². The lowest BCUT2D eigenvalue weighted by atomic mass is 9.82. The Hall–Kier alpha value is -3.34. The van der Waals surface area contributed by atoms with Crippen molar-refractivity contribution in [2.75, 3.05) is 14.2 Å². The van der Waals surface area contributed by atoms with Gasteiger partial charge in [0, 0.05) is 0 Å². The molecule has 1 aromatic carbocycles. The van der Waals surface area contributed by atoms with Gasteiger partial charge in [-0.15, -0.1) is 0 Å². The second-order valence-electron chi connectivity index (χ2n) is 5.06. The highest BCUT2D eigenvalue weighted by Gasteiger charge is 2.38. The van der Waals surface area contributed by atoms with Gasteiger partial charge in [-0.3, -0.25) is 4.79 Å². The molecular weight excluding hydrogens is 331 g/mol. The molecule has 2 rings (SSSR count). The molecule has 1 heterocycles. The standard InChI is InChI=1S/C17H15FN2O5/c1-23-13(21)7-12-15(17(22)24-2)14(11(8-19)16(20)25-12)9-3-5-10(18)6-4-9/h3-6,14H,7,20H2,1-2H3/t14-/m0/s1. The van der Waals surface area contributed by atoms with Gasteiger partial charge in [0.05, 0.1) is 25.7 Å². The van der Waals surface area contributed by atoms with Crippen LogP contribution in [0.15, 0.2) is 47.1 Å². The van der Waals surface area contributed by atoms with E-state index in [1.54, 1.807) is 0 Å². The molecule has 130 valence electrons. The van der Waals surface area contributed by atoms with E-state index in [1.807, 2.05) is 6.07 Å². The number of nitriles is 1. The number of carbonyl (C=O) groups excluding carboxylic acids is 2. The van der Waals surface area contributed by atoms with E-state index in [0.29, 0.717) is 5.56 Å². The number of carbonyl (C=O) groups is 2. The van der Waals surface area contributed by atoms with Gasteiger partial charge < -0.3 is 19.9 Å². The third-order valence-corrected chi connectivity index (χ3v) is 3.64. The average molecular weight is 346 g/mol. The number of nitrogens with zero attached hydrogens (tertiary/aromatic N) is 1. The Morgan fingerprint density at radius 3 is 2.44 bits per heavy atom. The Kier molecular flexibility index (Phi) is 5.39. The maximum absolute atomic E-state index is 13.2. The first-order valence-corrected chi connectivity index (χ1v) is 7.14. The summed E-state index contributed by atoms with van der Waals surface area (Å²) >= 11 is 0. The van der Waals surface area contributed by atoms with Crippen LogP contribution in [0, 0.1) is 17.1 Å². The molecule has 0 spiro atoms. The number of esters is 2. The minimum absolute atomic E-state index is 0.0411. The highest BCUT2D eigenvalue weighted by atomic mass is 19.1. The summed E-state index contributed by atoms with van der Waals surface area (Å²) in [5.41, 5.74) is 6.10. The molecule has 8 heteroatoms. The molecule has 0 aliphatic carbocycles. The molecule has 0 aromatic heterocycles. The number of ether oxygens (including phenoxy) is 3. The average Bonchev–Trinajstić information content (AvgIpc) is 2.61. The Morgan fingerprint density at radius 2 is 1.92 bits per heavy atom. The molecular formula is C17H15FN2O5. The number of benzene rings is 1. The molecule has 1 atom stereocenters. The summed E-state index contributed by atoms with van der Waals surface area (Å²) in [7, 11) is 2.33. The predicted molar refractivity (Wildman–Crippen MR) is 82.7 cm³/mol. The summed E-state index contributed by atoms with van der Waals surface area (Å²) < 4.78 is 27.9. The van der Waals surface area contributed by atoms with Crippen LogP contribution in [0.3, 0.4) is 0 Å². The number of halogens is 1. The van der Waals surface area contributed by atoms with E-state index in [9.17, 15) is 19.2 Å². The van der Waals surface area contributed by atoms with Crippen LogP contribution in [0.2, 0.25) is 0 Å². The number of hydrogen-bond donors (Lipinski definition) is 1. The Balaban J connectivity index is 2.66. The molecule has 1 aromatic rings. The van der Waals surface area contributed by atoms with Gasteiger partial charge in [-0.1, -0.05) is 12.1 Å². The first-order chi connectivity index (χ1) is 11.9. The number of rotatable bonds is 4. The fourth-order valence-corrected chi connectivity index (χ4v) is 2.47. The van der Waals surface area contributed by atoms with Crippen LogP contribution < -0.4 is 5.73 Å². The summed E-state index contributed by atoms with van der Waals surface area (Å²) in [5, 5.41) is 9.43. The van der Waals surface area contributed by atoms with Gasteiger partial charge >= 0.3 is 11.9 Å². The Bertz CT molecular complexity index is 805. The topological polar surface area (TPSA) is 112 Å². The second kappa shape index (κ2) is 7.49. The molecule has 0 unspecified atom stereocenters. The first-order valence-electron chi connectivity index (χ1n) is 7.14. The van der Waals surface area contributed by atoms with E-state index in [-0.39, 0.29) is 29.2 Å². The molecule has 7 nitrogen and oxygen atoms in total. The van der Waals surface area contributed by atoms with Gasteiger partial charge in [0.15, 0.2) is 0 Å². The molecule has 0 fully saturated rings. The van der Waals surface area contributed by atoms with Gasteiger partial charge in [-0.25, -0.2) is 9.18 Å². The van der Waals surface area contributed by atoms with Crippen molar-refractivity contribution in [3.05, 3.63) is 58.4 Å². The van der Waals surface area contributed by atoms with E-state index in [4.69, 9.17) is 15.2 Å². The van der Waals surface area contributed by atoms with Crippen LogP contribution in [0.5, 0.6) is 0 Å². The zero-order valence-corrected chi connectivity index (χ0v) is 13.5. The summed E-state index contributed by atoms with van der Waals surface area (Å²) in [4.78, 5) is 23.9. The van der Waals surface area contributed by atoms with Crippen molar-refractivity contribution in [1.82, 2.24) is 0 Å². The lowest BCUT2D eigenvalue weighted by Crippen LogP contribution is -2.26. The third-order valence-electron chi connectivity index (χ3n) is 3.64. The van der Waals surface area contributed by atoms with E-state index in [1.165, 1.54) is 31.4 Å². The zero-order valence-electron chi connectivity index (χ0n) is 13.5. The van der Waals surface area contributed by atoms with E-state index >= 15 is 0 Å². The van der Waals surface area contributed by atoms with Crippen LogP contribution in [0.25, 0.3) is 0 Å². The van der Waals surface area contributed by atoms with E-state index in [0.717, 1.165) is 7.11 Å². The quantitative estimate of drug-likeness (QED) is 0.825. The number of nitrogens with two attached hydrogens (primary N) is 1. The minimum Gasteiger partial charge on any atom is -0.469 e. The summed E-state index contributed by atoms with van der Waals surface area (Å²) in [5.74, 6) is -3.22. The molecule has 25 heavy (non-hydrogen) atoms. The molecule has 0 bridgehead atoms. The summed E-state index contributed by atoms with van der Waals surface area (Å²) in [6.45, 7) is 0. The first kappa shape index (κ1) is 18.0. The van der Waals surface area contributed by atoms with E-state index < -0.39 is 23.7 Å².